The van der Waals surface area contributed by atoms with Crippen molar-refractivity contribution in [3.8, 4) is 0 Å². The SMILES string of the molecule is O=C(O)c1ccc(Nc2nc(Nc3cccc(C(=O)O)c3)ncc2F)cc1. The number of carboxylic acids is 2. The van der Waals surface area contributed by atoms with E-state index in [0.717, 1.165) is 6.20 Å². The van der Waals surface area contributed by atoms with Crippen LogP contribution in [0, 0.1) is 5.82 Å². The van der Waals surface area contributed by atoms with E-state index in [1.54, 1.807) is 12.1 Å². The first-order chi connectivity index (χ1) is 12.9. The highest BCUT2D eigenvalue weighted by Crippen LogP contribution is 2.21. The third-order valence-corrected chi connectivity index (χ3v) is 3.50. The molecule has 3 aromatic rings. The zero-order chi connectivity index (χ0) is 19.4. The summed E-state index contributed by atoms with van der Waals surface area (Å²) in [7, 11) is 0. The van der Waals surface area contributed by atoms with Crippen molar-refractivity contribution in [2.45, 2.75) is 0 Å². The molecule has 0 saturated heterocycles. The van der Waals surface area contributed by atoms with E-state index in [2.05, 4.69) is 20.6 Å². The van der Waals surface area contributed by atoms with E-state index in [1.807, 2.05) is 0 Å². The van der Waals surface area contributed by atoms with E-state index in [0.29, 0.717) is 11.4 Å². The van der Waals surface area contributed by atoms with Gasteiger partial charge in [0.2, 0.25) is 5.95 Å². The Labute approximate surface area is 152 Å². The summed E-state index contributed by atoms with van der Waals surface area (Å²) in [6.07, 6.45) is 0.963. The molecule has 0 saturated carbocycles. The number of anilines is 4. The second-order valence-electron chi connectivity index (χ2n) is 5.41. The van der Waals surface area contributed by atoms with Gasteiger partial charge in [-0.3, -0.25) is 0 Å². The summed E-state index contributed by atoms with van der Waals surface area (Å²) in [5.41, 5.74) is 1.05. The molecule has 0 fully saturated rings. The molecule has 136 valence electrons. The number of benzene rings is 2. The van der Waals surface area contributed by atoms with Gasteiger partial charge in [0, 0.05) is 11.4 Å². The highest BCUT2D eigenvalue weighted by Gasteiger charge is 2.10. The van der Waals surface area contributed by atoms with Crippen molar-refractivity contribution in [3.05, 3.63) is 71.7 Å². The molecule has 0 aliphatic heterocycles. The zero-order valence-corrected chi connectivity index (χ0v) is 13.7. The van der Waals surface area contributed by atoms with Gasteiger partial charge in [-0.05, 0) is 42.5 Å². The molecule has 1 heterocycles. The van der Waals surface area contributed by atoms with E-state index in [1.165, 1.54) is 36.4 Å². The molecular weight excluding hydrogens is 355 g/mol. The van der Waals surface area contributed by atoms with Crippen LogP contribution in [0.3, 0.4) is 0 Å². The molecule has 0 atom stereocenters. The van der Waals surface area contributed by atoms with Gasteiger partial charge < -0.3 is 20.8 Å². The van der Waals surface area contributed by atoms with E-state index in [-0.39, 0.29) is 22.9 Å². The Kier molecular flexibility index (Phi) is 4.93. The molecular formula is C18H13FN4O4. The summed E-state index contributed by atoms with van der Waals surface area (Å²) in [5, 5.41) is 23.5. The van der Waals surface area contributed by atoms with Gasteiger partial charge in [-0.2, -0.15) is 4.98 Å². The molecule has 0 aliphatic rings. The minimum Gasteiger partial charge on any atom is -0.478 e. The van der Waals surface area contributed by atoms with Crippen LogP contribution >= 0.6 is 0 Å². The zero-order valence-electron chi connectivity index (χ0n) is 13.7. The van der Waals surface area contributed by atoms with Gasteiger partial charge in [0.25, 0.3) is 0 Å². The van der Waals surface area contributed by atoms with Gasteiger partial charge in [0.15, 0.2) is 11.6 Å². The number of aromatic nitrogens is 2. The lowest BCUT2D eigenvalue weighted by molar-refractivity contribution is 0.0686. The van der Waals surface area contributed by atoms with Crippen molar-refractivity contribution in [2.75, 3.05) is 10.6 Å². The Morgan fingerprint density at radius 2 is 1.59 bits per heavy atom. The third-order valence-electron chi connectivity index (χ3n) is 3.50. The van der Waals surface area contributed by atoms with Gasteiger partial charge in [0.1, 0.15) is 0 Å². The lowest BCUT2D eigenvalue weighted by Gasteiger charge is -2.10. The fourth-order valence-corrected chi connectivity index (χ4v) is 2.21. The molecule has 0 spiro atoms. The quantitative estimate of drug-likeness (QED) is 0.521. The van der Waals surface area contributed by atoms with Gasteiger partial charge >= 0.3 is 11.9 Å². The molecule has 0 aliphatic carbocycles. The van der Waals surface area contributed by atoms with Crippen LogP contribution in [0.5, 0.6) is 0 Å². The Bertz CT molecular complexity index is 1010. The van der Waals surface area contributed by atoms with Crippen LogP contribution in [0.2, 0.25) is 0 Å². The number of nitrogens with zero attached hydrogens (tertiary/aromatic N) is 2. The molecule has 0 bridgehead atoms. The van der Waals surface area contributed by atoms with E-state index in [4.69, 9.17) is 10.2 Å². The number of hydrogen-bond donors (Lipinski definition) is 4. The number of rotatable bonds is 6. The van der Waals surface area contributed by atoms with E-state index >= 15 is 0 Å². The molecule has 3 rings (SSSR count). The van der Waals surface area contributed by atoms with Crippen LogP contribution in [0.25, 0.3) is 0 Å². The highest BCUT2D eigenvalue weighted by molar-refractivity contribution is 5.89. The molecule has 0 amide bonds. The Morgan fingerprint density at radius 1 is 0.889 bits per heavy atom. The molecule has 9 heteroatoms. The molecule has 4 N–H and O–H groups in total. The van der Waals surface area contributed by atoms with Crippen molar-refractivity contribution >= 4 is 35.1 Å². The largest absolute Gasteiger partial charge is 0.478 e. The third kappa shape index (κ3) is 4.34. The number of halogens is 1. The summed E-state index contributed by atoms with van der Waals surface area (Å²) >= 11 is 0. The number of hydrogen-bond acceptors (Lipinski definition) is 6. The normalized spacial score (nSPS) is 10.3. The first kappa shape index (κ1) is 17.8. The molecule has 0 unspecified atom stereocenters. The Balaban J connectivity index is 1.81. The van der Waals surface area contributed by atoms with Crippen LogP contribution in [0.4, 0.5) is 27.5 Å². The van der Waals surface area contributed by atoms with Gasteiger partial charge in [-0.1, -0.05) is 6.07 Å². The second kappa shape index (κ2) is 7.48. The summed E-state index contributed by atoms with van der Waals surface area (Å²) in [6.45, 7) is 0. The monoisotopic (exact) mass is 368 g/mol. The van der Waals surface area contributed by atoms with Crippen molar-refractivity contribution in [2.24, 2.45) is 0 Å². The smallest absolute Gasteiger partial charge is 0.335 e. The van der Waals surface area contributed by atoms with Crippen molar-refractivity contribution in [1.29, 1.82) is 0 Å². The van der Waals surface area contributed by atoms with Crippen LogP contribution in [-0.2, 0) is 0 Å². The maximum absolute atomic E-state index is 14.0. The second-order valence-corrected chi connectivity index (χ2v) is 5.41. The van der Waals surface area contributed by atoms with E-state index < -0.39 is 17.8 Å². The Hall–Kier alpha value is -4.01. The minimum atomic E-state index is -1.08. The lowest BCUT2D eigenvalue weighted by atomic mass is 10.2. The Morgan fingerprint density at radius 3 is 2.26 bits per heavy atom. The van der Waals surface area contributed by atoms with Crippen LogP contribution in [0.15, 0.2) is 54.7 Å². The summed E-state index contributed by atoms with van der Waals surface area (Å²) < 4.78 is 14.0. The topological polar surface area (TPSA) is 124 Å². The average Bonchev–Trinajstić information content (AvgIpc) is 2.65. The van der Waals surface area contributed by atoms with Crippen LogP contribution in [-0.4, -0.2) is 32.1 Å². The number of nitrogens with one attached hydrogen (secondary N) is 2. The van der Waals surface area contributed by atoms with Gasteiger partial charge in [-0.15, -0.1) is 0 Å². The van der Waals surface area contributed by atoms with Gasteiger partial charge in [0.05, 0.1) is 17.3 Å². The summed E-state index contributed by atoms with van der Waals surface area (Å²) in [4.78, 5) is 29.7. The maximum atomic E-state index is 14.0. The first-order valence-electron chi connectivity index (χ1n) is 7.65. The molecule has 0 radical (unpaired) electrons. The predicted molar refractivity (Wildman–Crippen MR) is 95.4 cm³/mol. The molecule has 8 nitrogen and oxygen atoms in total. The van der Waals surface area contributed by atoms with Crippen LogP contribution < -0.4 is 10.6 Å². The summed E-state index contributed by atoms with van der Waals surface area (Å²) in [5.74, 6) is -2.91. The number of carboxylic acid groups (broad SMARTS) is 2. The maximum Gasteiger partial charge on any atom is 0.335 e. The highest BCUT2D eigenvalue weighted by atomic mass is 19.1. The number of carbonyl (C=O) groups is 2. The first-order valence-corrected chi connectivity index (χ1v) is 7.65. The van der Waals surface area contributed by atoms with Crippen molar-refractivity contribution in [3.63, 3.8) is 0 Å². The summed E-state index contributed by atoms with van der Waals surface area (Å²) in [6, 6.07) is 11.7. The fraction of sp³-hybridized carbons (Fsp3) is 0. The number of aromatic carboxylic acids is 2. The van der Waals surface area contributed by atoms with Gasteiger partial charge in [-0.25, -0.2) is 19.0 Å². The average molecular weight is 368 g/mol. The van der Waals surface area contributed by atoms with Crippen molar-refractivity contribution in [1.82, 2.24) is 9.97 Å². The molecule has 1 aromatic heterocycles. The minimum absolute atomic E-state index is 0.0589. The van der Waals surface area contributed by atoms with Crippen LogP contribution in [0.1, 0.15) is 20.7 Å². The standard InChI is InChI=1S/C18H13FN4O4/c19-14-9-20-18(22-13-3-1-2-11(8-13)17(26)27)23-15(14)21-12-6-4-10(5-7-12)16(24)25/h1-9H,(H,24,25)(H,26,27)(H2,20,21,22,23). The molecule has 27 heavy (non-hydrogen) atoms. The van der Waals surface area contributed by atoms with Crippen molar-refractivity contribution < 1.29 is 24.2 Å². The fourth-order valence-electron chi connectivity index (χ4n) is 2.21. The predicted octanol–water partition coefficient (Wildman–Crippen LogP) is 3.50. The van der Waals surface area contributed by atoms with E-state index in [9.17, 15) is 14.0 Å². The lowest BCUT2D eigenvalue weighted by Crippen LogP contribution is -2.04. The molecule has 2 aromatic carbocycles.